The Hall–Kier alpha value is -2.13. The van der Waals surface area contributed by atoms with Crippen molar-refractivity contribution >= 4 is 10.9 Å². The molecule has 3 heteroatoms. The third-order valence-corrected chi connectivity index (χ3v) is 3.95. The highest BCUT2D eigenvalue weighted by Crippen LogP contribution is 2.23. The van der Waals surface area contributed by atoms with E-state index in [1.807, 2.05) is 18.6 Å². The highest BCUT2D eigenvalue weighted by molar-refractivity contribution is 5.82. The Bertz CT molecular complexity index is 688. The molecule has 3 rings (SSSR count). The second kappa shape index (κ2) is 5.47. The van der Waals surface area contributed by atoms with E-state index < -0.39 is 0 Å². The molecule has 1 N–H and O–H groups in total. The molecule has 3 nitrogen and oxygen atoms in total. The molecule has 0 aliphatic heterocycles. The van der Waals surface area contributed by atoms with E-state index in [1.54, 1.807) is 0 Å². The maximum Gasteiger partial charge on any atom is 0.0457 e. The summed E-state index contributed by atoms with van der Waals surface area (Å²) in [4.78, 5) is 9.71. The van der Waals surface area contributed by atoms with Gasteiger partial charge >= 0.3 is 0 Å². The van der Waals surface area contributed by atoms with Crippen molar-refractivity contribution in [3.8, 4) is 0 Å². The Morgan fingerprint density at radius 2 is 1.95 bits per heavy atom. The lowest BCUT2D eigenvalue weighted by atomic mass is 10.1. The van der Waals surface area contributed by atoms with Crippen molar-refractivity contribution in [1.29, 1.82) is 0 Å². The molecule has 0 amide bonds. The molecule has 102 valence electrons. The quantitative estimate of drug-likeness (QED) is 0.779. The van der Waals surface area contributed by atoms with Crippen LogP contribution in [0.3, 0.4) is 0 Å². The number of aromatic amines is 1. The number of hydrogen-bond acceptors (Lipinski definition) is 2. The molecule has 0 aliphatic rings. The Kier molecular flexibility index (Phi) is 3.52. The summed E-state index contributed by atoms with van der Waals surface area (Å²) in [6.07, 6.45) is 5.71. The molecule has 0 fully saturated rings. The van der Waals surface area contributed by atoms with E-state index in [2.05, 4.69) is 65.2 Å². The highest BCUT2D eigenvalue weighted by atomic mass is 15.1. The van der Waals surface area contributed by atoms with Crippen LogP contribution in [0.2, 0.25) is 0 Å². The van der Waals surface area contributed by atoms with Crippen LogP contribution in [0.25, 0.3) is 10.9 Å². The van der Waals surface area contributed by atoms with Crippen LogP contribution >= 0.6 is 0 Å². The molecular weight excluding hydrogens is 246 g/mol. The van der Waals surface area contributed by atoms with Crippen LogP contribution in [0.1, 0.15) is 24.1 Å². The van der Waals surface area contributed by atoms with Gasteiger partial charge in [0.1, 0.15) is 0 Å². The molecule has 2 aromatic heterocycles. The van der Waals surface area contributed by atoms with Crippen molar-refractivity contribution in [3.05, 3.63) is 66.1 Å². The summed E-state index contributed by atoms with van der Waals surface area (Å²) in [6, 6.07) is 13.1. The van der Waals surface area contributed by atoms with Gasteiger partial charge in [0.25, 0.3) is 0 Å². The number of nitrogens with one attached hydrogen (secondary N) is 1. The molecule has 3 aromatic rings. The number of fused-ring (bicyclic) bond motifs is 1. The lowest BCUT2D eigenvalue weighted by Gasteiger charge is -2.25. The lowest BCUT2D eigenvalue weighted by molar-refractivity contribution is 0.254. The van der Waals surface area contributed by atoms with Crippen LogP contribution in [0.4, 0.5) is 0 Å². The third-order valence-electron chi connectivity index (χ3n) is 3.95. The largest absolute Gasteiger partial charge is 0.361 e. The molecule has 0 saturated carbocycles. The van der Waals surface area contributed by atoms with E-state index in [1.165, 1.54) is 22.0 Å². The predicted molar refractivity (Wildman–Crippen MR) is 82.4 cm³/mol. The van der Waals surface area contributed by atoms with Crippen LogP contribution in [-0.4, -0.2) is 21.9 Å². The van der Waals surface area contributed by atoms with E-state index in [-0.39, 0.29) is 0 Å². The van der Waals surface area contributed by atoms with Crippen LogP contribution in [0.5, 0.6) is 0 Å². The molecule has 1 atom stereocenters. The van der Waals surface area contributed by atoms with Crippen molar-refractivity contribution in [2.75, 3.05) is 7.05 Å². The van der Waals surface area contributed by atoms with Crippen LogP contribution in [0.15, 0.2) is 55.0 Å². The van der Waals surface area contributed by atoms with Crippen molar-refractivity contribution in [2.24, 2.45) is 0 Å². The highest BCUT2D eigenvalue weighted by Gasteiger charge is 2.13. The maximum atomic E-state index is 4.08. The zero-order valence-electron chi connectivity index (χ0n) is 11.9. The van der Waals surface area contributed by atoms with Gasteiger partial charge in [-0.1, -0.05) is 12.1 Å². The van der Waals surface area contributed by atoms with E-state index in [0.29, 0.717) is 6.04 Å². The van der Waals surface area contributed by atoms with Gasteiger partial charge in [0.15, 0.2) is 0 Å². The van der Waals surface area contributed by atoms with Crippen molar-refractivity contribution in [3.63, 3.8) is 0 Å². The number of hydrogen-bond donors (Lipinski definition) is 1. The molecule has 2 heterocycles. The van der Waals surface area contributed by atoms with E-state index >= 15 is 0 Å². The standard InChI is InChI=1S/C17H19N3/c1-13(14-6-9-18-10-7-14)20(2)12-15-4-3-5-17-16(15)8-11-19-17/h3-11,13,19H,12H2,1-2H3/t13-/m0/s1. The predicted octanol–water partition coefficient (Wildman–Crippen LogP) is 3.76. The van der Waals surface area contributed by atoms with Gasteiger partial charge in [-0.15, -0.1) is 0 Å². The second-order valence-electron chi connectivity index (χ2n) is 5.23. The first-order valence-electron chi connectivity index (χ1n) is 6.91. The summed E-state index contributed by atoms with van der Waals surface area (Å²) in [7, 11) is 2.16. The lowest BCUT2D eigenvalue weighted by Crippen LogP contribution is -2.22. The molecule has 1 aromatic carbocycles. The van der Waals surface area contributed by atoms with Gasteiger partial charge in [-0.25, -0.2) is 0 Å². The van der Waals surface area contributed by atoms with Crippen LogP contribution in [-0.2, 0) is 6.54 Å². The van der Waals surface area contributed by atoms with Gasteiger partial charge in [-0.2, -0.15) is 0 Å². The van der Waals surface area contributed by atoms with Gasteiger partial charge in [-0.05, 0) is 49.4 Å². The summed E-state index contributed by atoms with van der Waals surface area (Å²) < 4.78 is 0. The average Bonchev–Trinajstić information content (AvgIpc) is 2.97. The number of H-pyrrole nitrogens is 1. The molecular formula is C17H19N3. The Balaban J connectivity index is 1.82. The first kappa shape index (κ1) is 12.9. The van der Waals surface area contributed by atoms with Gasteiger partial charge in [0.2, 0.25) is 0 Å². The fourth-order valence-corrected chi connectivity index (χ4v) is 2.59. The first-order valence-corrected chi connectivity index (χ1v) is 6.91. The summed E-state index contributed by atoms with van der Waals surface area (Å²) in [6.45, 7) is 3.16. The van der Waals surface area contributed by atoms with E-state index in [9.17, 15) is 0 Å². The first-order chi connectivity index (χ1) is 9.75. The summed E-state index contributed by atoms with van der Waals surface area (Å²) in [5.41, 5.74) is 3.85. The van der Waals surface area contributed by atoms with Crippen LogP contribution < -0.4 is 0 Å². The topological polar surface area (TPSA) is 31.9 Å². The summed E-state index contributed by atoms with van der Waals surface area (Å²) in [5, 5.41) is 1.31. The Labute approximate surface area is 119 Å². The summed E-state index contributed by atoms with van der Waals surface area (Å²) >= 11 is 0. The number of benzene rings is 1. The van der Waals surface area contributed by atoms with Crippen molar-refractivity contribution in [2.45, 2.75) is 19.5 Å². The zero-order valence-corrected chi connectivity index (χ0v) is 11.9. The maximum absolute atomic E-state index is 4.08. The smallest absolute Gasteiger partial charge is 0.0457 e. The number of aromatic nitrogens is 2. The second-order valence-corrected chi connectivity index (χ2v) is 5.23. The van der Waals surface area contributed by atoms with Gasteiger partial charge < -0.3 is 4.98 Å². The fraction of sp³-hybridized carbons (Fsp3) is 0.235. The minimum Gasteiger partial charge on any atom is -0.361 e. The van der Waals surface area contributed by atoms with E-state index in [4.69, 9.17) is 0 Å². The van der Waals surface area contributed by atoms with E-state index in [0.717, 1.165) is 6.54 Å². The van der Waals surface area contributed by atoms with Crippen LogP contribution in [0, 0.1) is 0 Å². The number of rotatable bonds is 4. The summed E-state index contributed by atoms with van der Waals surface area (Å²) in [5.74, 6) is 0. The minimum atomic E-state index is 0.368. The van der Waals surface area contributed by atoms with Gasteiger partial charge in [0.05, 0.1) is 0 Å². The SMILES string of the molecule is C[C@@H](c1ccncc1)N(C)Cc1cccc2[nH]ccc12. The number of nitrogens with zero attached hydrogens (tertiary/aromatic N) is 2. The number of pyridine rings is 1. The van der Waals surface area contributed by atoms with Gasteiger partial charge in [0, 0.05) is 42.1 Å². The molecule has 0 spiro atoms. The Morgan fingerprint density at radius 3 is 2.75 bits per heavy atom. The normalized spacial score (nSPS) is 12.9. The molecule has 0 bridgehead atoms. The molecule has 0 aliphatic carbocycles. The zero-order chi connectivity index (χ0) is 13.9. The minimum absolute atomic E-state index is 0.368. The van der Waals surface area contributed by atoms with Crippen molar-refractivity contribution < 1.29 is 0 Å². The molecule has 0 radical (unpaired) electrons. The van der Waals surface area contributed by atoms with Crippen molar-refractivity contribution in [1.82, 2.24) is 14.9 Å². The molecule has 0 unspecified atom stereocenters. The Morgan fingerprint density at radius 1 is 1.15 bits per heavy atom. The molecule has 20 heavy (non-hydrogen) atoms. The van der Waals surface area contributed by atoms with Gasteiger partial charge in [-0.3, -0.25) is 9.88 Å². The fourth-order valence-electron chi connectivity index (χ4n) is 2.59. The third kappa shape index (κ3) is 2.45. The molecule has 0 saturated heterocycles. The monoisotopic (exact) mass is 265 g/mol. The average molecular weight is 265 g/mol.